The number of halogens is 1. The summed E-state index contributed by atoms with van der Waals surface area (Å²) in [5, 5.41) is 14.2. The van der Waals surface area contributed by atoms with E-state index >= 15 is 0 Å². The largest absolute Gasteiger partial charge is 0.507 e. The number of nitrogen functional groups attached to an aromatic ring is 1. The Balaban J connectivity index is 1.59. The minimum absolute atomic E-state index is 0.103. The van der Waals surface area contributed by atoms with Gasteiger partial charge in [0.1, 0.15) is 11.6 Å². The molecule has 0 aliphatic heterocycles. The summed E-state index contributed by atoms with van der Waals surface area (Å²) < 4.78 is 0. The Hall–Kier alpha value is -4.10. The molecule has 0 spiro atoms. The van der Waals surface area contributed by atoms with Crippen LogP contribution in [0.4, 0.5) is 17.2 Å². The van der Waals surface area contributed by atoms with Crippen molar-refractivity contribution < 1.29 is 9.90 Å². The Morgan fingerprint density at radius 3 is 2.61 bits per heavy atom. The molecule has 0 fully saturated rings. The second kappa shape index (κ2) is 11.1. The molecule has 4 rings (SSSR count). The number of carbonyl (C=O) groups is 1. The molecule has 0 aliphatic rings. The Bertz CT molecular complexity index is 1380. The van der Waals surface area contributed by atoms with Crippen LogP contribution in [0, 0.1) is 0 Å². The van der Waals surface area contributed by atoms with Gasteiger partial charge in [0.15, 0.2) is 0 Å². The minimum atomic E-state index is -0.245. The fraction of sp³-hybridized carbons (Fsp3) is 0.179. The first-order valence-corrected chi connectivity index (χ1v) is 12.1. The highest BCUT2D eigenvalue weighted by molar-refractivity contribution is 6.30. The molecular formula is C28H28ClN5O2. The number of aromatic nitrogens is 2. The van der Waals surface area contributed by atoms with Gasteiger partial charge in [0.25, 0.3) is 5.91 Å². The summed E-state index contributed by atoms with van der Waals surface area (Å²) in [7, 11) is 0. The second-order valence-electron chi connectivity index (χ2n) is 8.24. The molecule has 4 N–H and O–H groups in total. The number of phenolic OH excluding ortho intramolecular Hbond substituents is 1. The number of anilines is 3. The van der Waals surface area contributed by atoms with Crippen LogP contribution in [0.1, 0.15) is 35.3 Å². The van der Waals surface area contributed by atoms with Crippen molar-refractivity contribution in [2.45, 2.75) is 26.8 Å². The van der Waals surface area contributed by atoms with Gasteiger partial charge < -0.3 is 21.1 Å². The molecule has 0 saturated heterocycles. The lowest BCUT2D eigenvalue weighted by atomic mass is 10.1. The number of carbonyl (C=O) groups excluding carboxylic acids is 1. The van der Waals surface area contributed by atoms with Crippen LogP contribution in [0.15, 0.2) is 73.1 Å². The van der Waals surface area contributed by atoms with Gasteiger partial charge >= 0.3 is 0 Å². The molecule has 8 heteroatoms. The first kappa shape index (κ1) is 25.0. The number of amides is 1. The van der Waals surface area contributed by atoms with Crippen LogP contribution in [-0.2, 0) is 13.0 Å². The van der Waals surface area contributed by atoms with Crippen molar-refractivity contribution in [3.8, 4) is 17.0 Å². The van der Waals surface area contributed by atoms with Gasteiger partial charge in [-0.25, -0.2) is 4.98 Å². The van der Waals surface area contributed by atoms with Gasteiger partial charge in [-0.1, -0.05) is 24.6 Å². The third kappa shape index (κ3) is 5.42. The van der Waals surface area contributed by atoms with Gasteiger partial charge in [-0.15, -0.1) is 0 Å². The lowest BCUT2D eigenvalue weighted by Crippen LogP contribution is -2.23. The number of aryl methyl sites for hydroxylation is 1. The van der Waals surface area contributed by atoms with Crippen LogP contribution in [0.25, 0.3) is 11.3 Å². The van der Waals surface area contributed by atoms with Crippen LogP contribution in [0.3, 0.4) is 0 Å². The average molecular weight is 502 g/mol. The lowest BCUT2D eigenvalue weighted by molar-refractivity contribution is 0.0950. The zero-order valence-corrected chi connectivity index (χ0v) is 21.0. The van der Waals surface area contributed by atoms with Gasteiger partial charge in [0.2, 0.25) is 0 Å². The molecule has 2 aromatic heterocycles. The van der Waals surface area contributed by atoms with Crippen molar-refractivity contribution >= 4 is 34.7 Å². The van der Waals surface area contributed by atoms with E-state index in [1.807, 2.05) is 30.3 Å². The Kier molecular flexibility index (Phi) is 7.71. The summed E-state index contributed by atoms with van der Waals surface area (Å²) in [6.07, 6.45) is 3.96. The quantitative estimate of drug-likeness (QED) is 0.284. The van der Waals surface area contributed by atoms with E-state index in [2.05, 4.69) is 34.0 Å². The van der Waals surface area contributed by atoms with Crippen LogP contribution in [0.2, 0.25) is 5.02 Å². The Morgan fingerprint density at radius 2 is 1.92 bits per heavy atom. The van der Waals surface area contributed by atoms with Crippen LogP contribution in [0.5, 0.6) is 5.75 Å². The number of hydrogen-bond acceptors (Lipinski definition) is 6. The highest BCUT2D eigenvalue weighted by Crippen LogP contribution is 2.37. The number of phenols is 1. The summed E-state index contributed by atoms with van der Waals surface area (Å²) in [6.45, 7) is 5.12. The van der Waals surface area contributed by atoms with E-state index in [-0.39, 0.29) is 24.0 Å². The van der Waals surface area contributed by atoms with E-state index in [1.165, 1.54) is 6.20 Å². The predicted octanol–water partition coefficient (Wildman–Crippen LogP) is 5.74. The Labute approximate surface area is 215 Å². The monoisotopic (exact) mass is 501 g/mol. The number of hydrogen-bond donors (Lipinski definition) is 3. The van der Waals surface area contributed by atoms with E-state index in [1.54, 1.807) is 36.5 Å². The topological polar surface area (TPSA) is 104 Å². The third-order valence-electron chi connectivity index (χ3n) is 5.97. The molecule has 0 aliphatic carbocycles. The molecule has 184 valence electrons. The zero-order valence-electron chi connectivity index (χ0n) is 20.2. The van der Waals surface area contributed by atoms with Crippen LogP contribution >= 0.6 is 11.6 Å². The van der Waals surface area contributed by atoms with Crippen molar-refractivity contribution in [3.05, 3.63) is 94.8 Å². The number of nitrogens with two attached hydrogens (primary N) is 1. The highest BCUT2D eigenvalue weighted by atomic mass is 35.5. The number of aromatic hydroxyl groups is 1. The van der Waals surface area contributed by atoms with Crippen molar-refractivity contribution in [2.75, 3.05) is 17.2 Å². The van der Waals surface area contributed by atoms with E-state index in [0.717, 1.165) is 29.9 Å². The normalized spacial score (nSPS) is 10.8. The van der Waals surface area contributed by atoms with E-state index in [4.69, 9.17) is 17.3 Å². The molecule has 0 bridgehead atoms. The number of pyridine rings is 2. The molecule has 2 aromatic carbocycles. The number of nitrogens with zero attached hydrogens (tertiary/aromatic N) is 3. The Morgan fingerprint density at radius 1 is 1.08 bits per heavy atom. The molecular weight excluding hydrogens is 474 g/mol. The fourth-order valence-corrected chi connectivity index (χ4v) is 4.26. The van der Waals surface area contributed by atoms with E-state index in [0.29, 0.717) is 27.4 Å². The molecule has 0 atom stereocenters. The van der Waals surface area contributed by atoms with E-state index < -0.39 is 0 Å². The smallest absolute Gasteiger partial charge is 0.253 e. The van der Waals surface area contributed by atoms with E-state index in [9.17, 15) is 9.90 Å². The standard InChI is InChI=1S/C28H28ClN5O2/c1-3-18-14-21(29)8-11-25(18)34(4-2)22-9-12-26(35)23(15-22)24-10-7-19(27(30)33-24)17-32-28(36)20-6-5-13-31-16-20/h5-16,35H,3-4,17H2,1-2H3,(H2,30,33)(H,32,36). The number of nitrogens with one attached hydrogen (secondary N) is 1. The zero-order chi connectivity index (χ0) is 25.7. The molecule has 2 heterocycles. The molecule has 1 amide bonds. The van der Waals surface area contributed by atoms with Crippen molar-refractivity contribution in [1.82, 2.24) is 15.3 Å². The van der Waals surface area contributed by atoms with Crippen molar-refractivity contribution in [1.29, 1.82) is 0 Å². The molecule has 0 radical (unpaired) electrons. The second-order valence-corrected chi connectivity index (χ2v) is 8.67. The fourth-order valence-electron chi connectivity index (χ4n) is 4.07. The summed E-state index contributed by atoms with van der Waals surface area (Å²) in [6, 6.07) is 18.3. The van der Waals surface area contributed by atoms with Crippen LogP contribution in [-0.4, -0.2) is 27.5 Å². The van der Waals surface area contributed by atoms with Crippen molar-refractivity contribution in [3.63, 3.8) is 0 Å². The summed E-state index contributed by atoms with van der Waals surface area (Å²) in [5.41, 5.74) is 11.6. The number of rotatable bonds is 8. The maximum atomic E-state index is 12.3. The van der Waals surface area contributed by atoms with Crippen molar-refractivity contribution in [2.24, 2.45) is 0 Å². The minimum Gasteiger partial charge on any atom is -0.507 e. The van der Waals surface area contributed by atoms with Crippen LogP contribution < -0.4 is 16.0 Å². The summed E-state index contributed by atoms with van der Waals surface area (Å²) in [4.78, 5) is 23.0. The first-order chi connectivity index (χ1) is 17.4. The van der Waals surface area contributed by atoms with Gasteiger partial charge in [-0.3, -0.25) is 9.78 Å². The highest BCUT2D eigenvalue weighted by Gasteiger charge is 2.16. The van der Waals surface area contributed by atoms with Gasteiger partial charge in [-0.05, 0) is 73.5 Å². The summed E-state index contributed by atoms with van der Waals surface area (Å²) >= 11 is 6.22. The molecule has 36 heavy (non-hydrogen) atoms. The molecule has 0 saturated carbocycles. The maximum absolute atomic E-state index is 12.3. The average Bonchev–Trinajstić information content (AvgIpc) is 2.90. The van der Waals surface area contributed by atoms with Gasteiger partial charge in [-0.2, -0.15) is 0 Å². The lowest BCUT2D eigenvalue weighted by Gasteiger charge is -2.26. The van der Waals surface area contributed by atoms with Gasteiger partial charge in [0, 0.05) is 53.0 Å². The number of benzene rings is 2. The third-order valence-corrected chi connectivity index (χ3v) is 6.21. The molecule has 0 unspecified atom stereocenters. The SMILES string of the molecule is CCc1cc(Cl)ccc1N(CC)c1ccc(O)c(-c2ccc(CNC(=O)c3cccnc3)c(N)n2)c1. The predicted molar refractivity (Wildman–Crippen MR) is 145 cm³/mol. The van der Waals surface area contributed by atoms with Gasteiger partial charge in [0.05, 0.1) is 11.3 Å². The maximum Gasteiger partial charge on any atom is 0.253 e. The first-order valence-electron chi connectivity index (χ1n) is 11.7. The summed E-state index contributed by atoms with van der Waals surface area (Å²) in [5.74, 6) is 0.137. The molecule has 4 aromatic rings. The molecule has 7 nitrogen and oxygen atoms in total.